The molecular weight excluding hydrogens is 307 g/mol. The Morgan fingerprint density at radius 3 is 2.11 bits per heavy atom. The number of rotatable bonds is 6. The smallest absolute Gasteiger partial charge is 0.108 e. The highest BCUT2D eigenvalue weighted by Crippen LogP contribution is 2.16. The van der Waals surface area contributed by atoms with Gasteiger partial charge in [0.15, 0.2) is 0 Å². The van der Waals surface area contributed by atoms with Crippen molar-refractivity contribution in [2.24, 2.45) is 11.7 Å². The van der Waals surface area contributed by atoms with Crippen LogP contribution in [0.2, 0.25) is 0 Å². The lowest BCUT2D eigenvalue weighted by Crippen LogP contribution is -2.56. The second-order valence-corrected chi connectivity index (χ2v) is 6.39. The molecule has 0 radical (unpaired) electrons. The molecule has 1 aliphatic heterocycles. The van der Waals surface area contributed by atoms with Crippen LogP contribution >= 0.6 is 36.6 Å². The molecule has 0 aliphatic carbocycles. The van der Waals surface area contributed by atoms with Gasteiger partial charge in [-0.15, -0.1) is 24.8 Å². The molecule has 4 nitrogen and oxygen atoms in total. The van der Waals surface area contributed by atoms with Crippen molar-refractivity contribution < 1.29 is 10.2 Å². The fourth-order valence-electron chi connectivity index (χ4n) is 1.99. The lowest BCUT2D eigenvalue weighted by atomic mass is 10.00. The van der Waals surface area contributed by atoms with Crippen LogP contribution in [-0.2, 0) is 0 Å². The fourth-order valence-corrected chi connectivity index (χ4v) is 2.93. The SMILES string of the molecule is CC(C)CCC(O)C(O)C(N)N1CCSCC1.Cl.Cl. The molecule has 1 saturated heterocycles. The van der Waals surface area contributed by atoms with Gasteiger partial charge in [0.1, 0.15) is 6.10 Å². The van der Waals surface area contributed by atoms with Crippen molar-refractivity contribution >= 4 is 36.6 Å². The van der Waals surface area contributed by atoms with Gasteiger partial charge in [0.2, 0.25) is 0 Å². The van der Waals surface area contributed by atoms with Crippen LogP contribution in [0.25, 0.3) is 0 Å². The monoisotopic (exact) mass is 334 g/mol. The number of hydrogen-bond acceptors (Lipinski definition) is 5. The standard InChI is InChI=1S/C12H26N2O2S.2ClH/c1-9(2)3-4-10(15)11(16)12(13)14-5-7-17-8-6-14;;/h9-12,15-16H,3-8,13H2,1-2H3;2*1H. The third kappa shape index (κ3) is 7.95. The first kappa shape index (κ1) is 22.1. The Balaban J connectivity index is 0. The van der Waals surface area contributed by atoms with Crippen LogP contribution in [0.1, 0.15) is 26.7 Å². The topological polar surface area (TPSA) is 69.7 Å². The van der Waals surface area contributed by atoms with Crippen LogP contribution in [0.5, 0.6) is 0 Å². The summed E-state index contributed by atoms with van der Waals surface area (Å²) >= 11 is 1.91. The van der Waals surface area contributed by atoms with Gasteiger partial charge in [-0.3, -0.25) is 4.90 Å². The molecule has 0 aromatic carbocycles. The van der Waals surface area contributed by atoms with Crippen LogP contribution in [0.15, 0.2) is 0 Å². The molecule has 118 valence electrons. The summed E-state index contributed by atoms with van der Waals surface area (Å²) in [6.45, 7) is 6.03. The van der Waals surface area contributed by atoms with E-state index in [1.807, 2.05) is 11.8 Å². The first-order chi connectivity index (χ1) is 8.02. The molecule has 0 bridgehead atoms. The van der Waals surface area contributed by atoms with E-state index in [0.29, 0.717) is 12.3 Å². The number of nitrogens with two attached hydrogens (primary N) is 1. The van der Waals surface area contributed by atoms with Crippen molar-refractivity contribution in [1.29, 1.82) is 0 Å². The molecule has 0 aromatic rings. The molecule has 3 atom stereocenters. The van der Waals surface area contributed by atoms with Crippen LogP contribution in [-0.4, -0.2) is 58.1 Å². The first-order valence-electron chi connectivity index (χ1n) is 6.46. The Morgan fingerprint density at radius 1 is 1.11 bits per heavy atom. The highest BCUT2D eigenvalue weighted by Gasteiger charge is 2.28. The molecular formula is C12H28Cl2N2O2S. The number of hydrogen-bond donors (Lipinski definition) is 3. The molecule has 0 amide bonds. The highest BCUT2D eigenvalue weighted by molar-refractivity contribution is 7.99. The minimum atomic E-state index is -0.836. The van der Waals surface area contributed by atoms with Gasteiger partial charge in [-0.1, -0.05) is 13.8 Å². The highest BCUT2D eigenvalue weighted by atomic mass is 35.5. The Hall–Kier alpha value is 0.770. The van der Waals surface area contributed by atoms with Crippen LogP contribution < -0.4 is 5.73 Å². The van der Waals surface area contributed by atoms with Gasteiger partial charge in [0, 0.05) is 24.6 Å². The van der Waals surface area contributed by atoms with Crippen molar-refractivity contribution in [3.05, 3.63) is 0 Å². The largest absolute Gasteiger partial charge is 0.390 e. The van der Waals surface area contributed by atoms with Crippen molar-refractivity contribution in [1.82, 2.24) is 4.90 Å². The normalized spacial score (nSPS) is 21.2. The number of aliphatic hydroxyl groups is 2. The molecule has 7 heteroatoms. The van der Waals surface area contributed by atoms with Gasteiger partial charge >= 0.3 is 0 Å². The van der Waals surface area contributed by atoms with Gasteiger partial charge < -0.3 is 15.9 Å². The van der Waals surface area contributed by atoms with Gasteiger partial charge in [-0.2, -0.15) is 11.8 Å². The molecule has 0 aromatic heterocycles. The zero-order valence-corrected chi connectivity index (χ0v) is 14.1. The Morgan fingerprint density at radius 2 is 1.63 bits per heavy atom. The van der Waals surface area contributed by atoms with Crippen molar-refractivity contribution in [2.45, 2.75) is 45.1 Å². The first-order valence-corrected chi connectivity index (χ1v) is 7.61. The predicted molar refractivity (Wildman–Crippen MR) is 87.5 cm³/mol. The number of nitrogens with zero attached hydrogens (tertiary/aromatic N) is 1. The quantitative estimate of drug-likeness (QED) is 0.683. The molecule has 4 N–H and O–H groups in total. The summed E-state index contributed by atoms with van der Waals surface area (Å²) in [5.74, 6) is 2.66. The average molecular weight is 335 g/mol. The van der Waals surface area contributed by atoms with E-state index in [1.54, 1.807) is 0 Å². The predicted octanol–water partition coefficient (Wildman–Crippen LogP) is 1.32. The maximum absolute atomic E-state index is 10.0. The van der Waals surface area contributed by atoms with E-state index >= 15 is 0 Å². The summed E-state index contributed by atoms with van der Waals surface area (Å²) < 4.78 is 0. The summed E-state index contributed by atoms with van der Waals surface area (Å²) in [7, 11) is 0. The summed E-state index contributed by atoms with van der Waals surface area (Å²) in [5.41, 5.74) is 6.01. The van der Waals surface area contributed by atoms with E-state index < -0.39 is 18.4 Å². The third-order valence-electron chi connectivity index (χ3n) is 3.25. The van der Waals surface area contributed by atoms with E-state index in [4.69, 9.17) is 5.73 Å². The molecule has 1 heterocycles. The number of aliphatic hydroxyl groups excluding tert-OH is 2. The van der Waals surface area contributed by atoms with Gasteiger partial charge in [-0.05, 0) is 18.8 Å². The van der Waals surface area contributed by atoms with E-state index in [2.05, 4.69) is 18.7 Å². The molecule has 1 aliphatic rings. The maximum Gasteiger partial charge on any atom is 0.108 e. The summed E-state index contributed by atoms with van der Waals surface area (Å²) in [6, 6.07) is 0. The fraction of sp³-hybridized carbons (Fsp3) is 1.00. The number of thioether (sulfide) groups is 1. The minimum Gasteiger partial charge on any atom is -0.390 e. The maximum atomic E-state index is 10.0. The number of halogens is 2. The van der Waals surface area contributed by atoms with Crippen molar-refractivity contribution in [3.8, 4) is 0 Å². The lowest BCUT2D eigenvalue weighted by Gasteiger charge is -2.36. The van der Waals surface area contributed by atoms with E-state index in [9.17, 15) is 10.2 Å². The summed E-state index contributed by atoms with van der Waals surface area (Å²) in [4.78, 5) is 2.07. The Bertz CT molecular complexity index is 220. The van der Waals surface area contributed by atoms with E-state index in [0.717, 1.165) is 31.0 Å². The van der Waals surface area contributed by atoms with E-state index in [-0.39, 0.29) is 24.8 Å². The molecule has 0 saturated carbocycles. The van der Waals surface area contributed by atoms with Crippen molar-refractivity contribution in [2.75, 3.05) is 24.6 Å². The average Bonchev–Trinajstić information content (AvgIpc) is 2.35. The second-order valence-electron chi connectivity index (χ2n) is 5.17. The van der Waals surface area contributed by atoms with E-state index in [1.165, 1.54) is 0 Å². The molecule has 3 unspecified atom stereocenters. The molecule has 0 spiro atoms. The van der Waals surface area contributed by atoms with Crippen molar-refractivity contribution in [3.63, 3.8) is 0 Å². The van der Waals surface area contributed by atoms with Crippen LogP contribution in [0.3, 0.4) is 0 Å². The zero-order valence-electron chi connectivity index (χ0n) is 11.7. The van der Waals surface area contributed by atoms with Crippen LogP contribution in [0.4, 0.5) is 0 Å². The second kappa shape index (κ2) is 11.4. The molecule has 1 rings (SSSR count). The summed E-state index contributed by atoms with van der Waals surface area (Å²) in [6.07, 6.45) is -0.437. The van der Waals surface area contributed by atoms with Crippen LogP contribution in [0, 0.1) is 5.92 Å². The Labute approximate surface area is 133 Å². The zero-order chi connectivity index (χ0) is 12.8. The lowest BCUT2D eigenvalue weighted by molar-refractivity contribution is -0.0398. The summed E-state index contributed by atoms with van der Waals surface area (Å²) in [5, 5.41) is 19.9. The molecule has 1 fully saturated rings. The van der Waals surface area contributed by atoms with Gasteiger partial charge in [-0.25, -0.2) is 0 Å². The van der Waals surface area contributed by atoms with Gasteiger partial charge in [0.25, 0.3) is 0 Å². The Kier molecular flexibility index (Phi) is 13.3. The third-order valence-corrected chi connectivity index (χ3v) is 4.19. The molecule has 19 heavy (non-hydrogen) atoms. The minimum absolute atomic E-state index is 0. The van der Waals surface area contributed by atoms with Gasteiger partial charge in [0.05, 0.1) is 12.3 Å².